The molecule has 0 atom stereocenters. The fourth-order valence-corrected chi connectivity index (χ4v) is 2.41. The maximum absolute atomic E-state index is 12.1. The van der Waals surface area contributed by atoms with Gasteiger partial charge < -0.3 is 10.6 Å². The first-order valence-corrected chi connectivity index (χ1v) is 6.50. The van der Waals surface area contributed by atoms with E-state index < -0.39 is 0 Å². The van der Waals surface area contributed by atoms with Crippen molar-refractivity contribution in [3.05, 3.63) is 17.5 Å². The van der Waals surface area contributed by atoms with Gasteiger partial charge >= 0.3 is 0 Å². The van der Waals surface area contributed by atoms with Gasteiger partial charge in [0, 0.05) is 13.6 Å². The zero-order valence-corrected chi connectivity index (χ0v) is 12.6. The molecule has 6 heteroatoms. The van der Waals surface area contributed by atoms with Crippen molar-refractivity contribution in [3.63, 3.8) is 0 Å². The second kappa shape index (κ2) is 6.39. The average Bonchev–Trinajstić information content (AvgIpc) is 2.67. The van der Waals surface area contributed by atoms with E-state index in [9.17, 15) is 4.79 Å². The Balaban J connectivity index is 0.00000180. The van der Waals surface area contributed by atoms with Crippen molar-refractivity contribution < 1.29 is 4.79 Å². The second-order valence-corrected chi connectivity index (χ2v) is 5.54. The van der Waals surface area contributed by atoms with Gasteiger partial charge in [-0.05, 0) is 44.3 Å². The van der Waals surface area contributed by atoms with Gasteiger partial charge in [0.25, 0.3) is 5.91 Å². The van der Waals surface area contributed by atoms with Gasteiger partial charge in [-0.2, -0.15) is 5.10 Å². The van der Waals surface area contributed by atoms with Crippen LogP contribution in [-0.4, -0.2) is 35.3 Å². The van der Waals surface area contributed by atoms with Crippen molar-refractivity contribution in [3.8, 4) is 0 Å². The molecule has 1 aromatic heterocycles. The average molecular weight is 287 g/mol. The minimum Gasteiger partial charge on any atom is -0.350 e. The molecule has 1 aliphatic heterocycles. The van der Waals surface area contributed by atoms with E-state index in [0.717, 1.165) is 38.2 Å². The number of hydrogen-bond donors (Lipinski definition) is 2. The predicted octanol–water partition coefficient (Wildman–Crippen LogP) is 1.27. The summed E-state index contributed by atoms with van der Waals surface area (Å²) < 4.78 is 1.63. The van der Waals surface area contributed by atoms with Gasteiger partial charge in [0.1, 0.15) is 5.69 Å². The van der Waals surface area contributed by atoms with E-state index in [-0.39, 0.29) is 23.7 Å². The topological polar surface area (TPSA) is 59.0 Å². The minimum absolute atomic E-state index is 0. The zero-order chi connectivity index (χ0) is 13.2. The molecule has 0 radical (unpaired) electrons. The molecule has 2 N–H and O–H groups in total. The highest BCUT2D eigenvalue weighted by Crippen LogP contribution is 2.26. The lowest BCUT2D eigenvalue weighted by molar-refractivity contribution is 0.0913. The van der Waals surface area contributed by atoms with E-state index in [1.165, 1.54) is 0 Å². The number of halogens is 1. The Morgan fingerprint density at radius 1 is 1.53 bits per heavy atom. The lowest BCUT2D eigenvalue weighted by atomic mass is 9.81. The molecule has 0 unspecified atom stereocenters. The van der Waals surface area contributed by atoms with E-state index in [4.69, 9.17) is 0 Å². The molecule has 19 heavy (non-hydrogen) atoms. The Labute approximate surface area is 120 Å². The van der Waals surface area contributed by atoms with E-state index in [1.54, 1.807) is 11.7 Å². The van der Waals surface area contributed by atoms with Crippen LogP contribution in [0.4, 0.5) is 0 Å². The Bertz CT molecular complexity index is 438. The van der Waals surface area contributed by atoms with Crippen LogP contribution in [0.15, 0.2) is 6.07 Å². The van der Waals surface area contributed by atoms with Crippen LogP contribution in [0.25, 0.3) is 0 Å². The van der Waals surface area contributed by atoms with Gasteiger partial charge in [0.2, 0.25) is 0 Å². The largest absolute Gasteiger partial charge is 0.350 e. The molecule has 1 fully saturated rings. The number of piperidine rings is 1. The third-order valence-corrected chi connectivity index (χ3v) is 3.72. The van der Waals surface area contributed by atoms with Crippen molar-refractivity contribution in [2.45, 2.75) is 26.7 Å². The molecule has 2 heterocycles. The summed E-state index contributed by atoms with van der Waals surface area (Å²) in [5.74, 6) is -0.0298. The molecule has 0 aliphatic carbocycles. The lowest BCUT2D eigenvalue weighted by Gasteiger charge is -2.34. The molecular formula is C13H23ClN4O. The normalized spacial score (nSPS) is 17.6. The summed E-state index contributed by atoms with van der Waals surface area (Å²) in [5, 5.41) is 10.6. The highest BCUT2D eigenvalue weighted by Gasteiger charge is 2.27. The van der Waals surface area contributed by atoms with Crippen molar-refractivity contribution in [1.29, 1.82) is 0 Å². The first-order valence-electron chi connectivity index (χ1n) is 6.50. The number of carbonyl (C=O) groups excluding carboxylic acids is 1. The predicted molar refractivity (Wildman–Crippen MR) is 77.7 cm³/mol. The summed E-state index contributed by atoms with van der Waals surface area (Å²) in [6.07, 6.45) is 2.22. The van der Waals surface area contributed by atoms with Crippen LogP contribution in [0.2, 0.25) is 0 Å². The fourth-order valence-electron chi connectivity index (χ4n) is 2.41. The van der Waals surface area contributed by atoms with E-state index in [1.807, 2.05) is 13.0 Å². The molecule has 1 saturated heterocycles. The van der Waals surface area contributed by atoms with Crippen molar-refractivity contribution in [1.82, 2.24) is 20.4 Å². The molecule has 0 saturated carbocycles. The molecule has 5 nitrogen and oxygen atoms in total. The smallest absolute Gasteiger partial charge is 0.269 e. The van der Waals surface area contributed by atoms with E-state index >= 15 is 0 Å². The number of carbonyl (C=O) groups is 1. The summed E-state index contributed by atoms with van der Waals surface area (Å²) in [6, 6.07) is 1.82. The second-order valence-electron chi connectivity index (χ2n) is 5.54. The molecule has 108 valence electrons. The SMILES string of the molecule is Cc1cc(C(=O)NCC2(C)CCNCC2)n(C)n1.Cl. The lowest BCUT2D eigenvalue weighted by Crippen LogP contribution is -2.43. The van der Waals surface area contributed by atoms with Gasteiger partial charge in [-0.15, -0.1) is 12.4 Å². The van der Waals surface area contributed by atoms with Gasteiger partial charge in [-0.1, -0.05) is 6.92 Å². The Morgan fingerprint density at radius 3 is 2.68 bits per heavy atom. The Kier molecular flexibility index (Phi) is 5.38. The molecule has 1 aromatic rings. The van der Waals surface area contributed by atoms with Crippen LogP contribution >= 0.6 is 12.4 Å². The number of nitrogens with one attached hydrogen (secondary N) is 2. The Morgan fingerprint density at radius 2 is 2.16 bits per heavy atom. The maximum atomic E-state index is 12.1. The van der Waals surface area contributed by atoms with Crippen molar-refractivity contribution in [2.75, 3.05) is 19.6 Å². The van der Waals surface area contributed by atoms with E-state index in [2.05, 4.69) is 22.7 Å². The van der Waals surface area contributed by atoms with Crippen molar-refractivity contribution in [2.24, 2.45) is 12.5 Å². The molecular weight excluding hydrogens is 264 g/mol. The van der Waals surface area contributed by atoms with E-state index in [0.29, 0.717) is 5.69 Å². The summed E-state index contributed by atoms with van der Waals surface area (Å²) in [4.78, 5) is 12.1. The number of aryl methyl sites for hydroxylation is 2. The third kappa shape index (κ3) is 3.94. The Hall–Kier alpha value is -1.07. The fraction of sp³-hybridized carbons (Fsp3) is 0.692. The standard InChI is InChI=1S/C13H22N4O.ClH/c1-10-8-11(17(3)16-10)12(18)15-9-13(2)4-6-14-7-5-13;/h8,14H,4-7,9H2,1-3H3,(H,15,18);1H. The van der Waals surface area contributed by atoms with Crippen molar-refractivity contribution >= 4 is 18.3 Å². The van der Waals surface area contributed by atoms with Crippen LogP contribution < -0.4 is 10.6 Å². The number of rotatable bonds is 3. The number of hydrogen-bond acceptors (Lipinski definition) is 3. The molecule has 2 rings (SSSR count). The monoisotopic (exact) mass is 286 g/mol. The van der Waals surface area contributed by atoms with Crippen LogP contribution in [0.1, 0.15) is 35.9 Å². The number of aromatic nitrogens is 2. The van der Waals surface area contributed by atoms with Crippen LogP contribution in [0.3, 0.4) is 0 Å². The quantitative estimate of drug-likeness (QED) is 0.880. The minimum atomic E-state index is -0.0298. The number of amides is 1. The highest BCUT2D eigenvalue weighted by molar-refractivity contribution is 5.92. The zero-order valence-electron chi connectivity index (χ0n) is 11.8. The third-order valence-electron chi connectivity index (χ3n) is 3.72. The molecule has 0 bridgehead atoms. The summed E-state index contributed by atoms with van der Waals surface area (Å²) in [7, 11) is 1.80. The number of nitrogens with zero attached hydrogens (tertiary/aromatic N) is 2. The van der Waals surface area contributed by atoms with Crippen LogP contribution in [-0.2, 0) is 7.05 Å². The first kappa shape index (κ1) is 16.0. The van der Waals surface area contributed by atoms with Gasteiger partial charge in [0.05, 0.1) is 5.69 Å². The summed E-state index contributed by atoms with van der Waals surface area (Å²) in [6.45, 7) is 6.94. The summed E-state index contributed by atoms with van der Waals surface area (Å²) >= 11 is 0. The maximum Gasteiger partial charge on any atom is 0.269 e. The highest BCUT2D eigenvalue weighted by atomic mass is 35.5. The van der Waals surface area contributed by atoms with Crippen LogP contribution in [0.5, 0.6) is 0 Å². The van der Waals surface area contributed by atoms with Gasteiger partial charge in [-0.3, -0.25) is 9.48 Å². The molecule has 1 amide bonds. The molecule has 1 aliphatic rings. The van der Waals surface area contributed by atoms with Crippen LogP contribution in [0, 0.1) is 12.3 Å². The molecule has 0 aromatic carbocycles. The molecule has 0 spiro atoms. The summed E-state index contributed by atoms with van der Waals surface area (Å²) in [5.41, 5.74) is 1.72. The first-order chi connectivity index (χ1) is 8.50. The van der Waals surface area contributed by atoms with Gasteiger partial charge in [0.15, 0.2) is 0 Å². The van der Waals surface area contributed by atoms with Gasteiger partial charge in [-0.25, -0.2) is 0 Å².